The lowest BCUT2D eigenvalue weighted by atomic mass is 9.91. The van der Waals surface area contributed by atoms with Gasteiger partial charge < -0.3 is 4.57 Å². The van der Waals surface area contributed by atoms with Crippen LogP contribution in [0.2, 0.25) is 0 Å². The third kappa shape index (κ3) is 5.36. The molecular formula is C56H35N3. The van der Waals surface area contributed by atoms with Crippen LogP contribution in [0.5, 0.6) is 0 Å². The Labute approximate surface area is 341 Å². The largest absolute Gasteiger partial charge is 0.309 e. The van der Waals surface area contributed by atoms with Crippen LogP contribution in [0.4, 0.5) is 0 Å². The van der Waals surface area contributed by atoms with E-state index in [9.17, 15) is 0 Å². The molecule has 12 rings (SSSR count). The van der Waals surface area contributed by atoms with Crippen LogP contribution in [-0.4, -0.2) is 14.5 Å². The van der Waals surface area contributed by atoms with Crippen molar-refractivity contribution in [1.82, 2.24) is 14.5 Å². The van der Waals surface area contributed by atoms with Gasteiger partial charge >= 0.3 is 0 Å². The van der Waals surface area contributed by atoms with Crippen molar-refractivity contribution in [1.29, 1.82) is 0 Å². The number of hydrogen-bond donors (Lipinski definition) is 0. The van der Waals surface area contributed by atoms with E-state index in [-0.39, 0.29) is 0 Å². The van der Waals surface area contributed by atoms with Crippen molar-refractivity contribution in [3.8, 4) is 50.3 Å². The molecule has 0 saturated carbocycles. The molecule has 0 aliphatic heterocycles. The number of nitrogens with zero attached hydrogens (tertiary/aromatic N) is 3. The summed E-state index contributed by atoms with van der Waals surface area (Å²) in [6, 6.07) is 74.3. The third-order valence-electron chi connectivity index (χ3n) is 12.0. The van der Waals surface area contributed by atoms with Crippen molar-refractivity contribution in [2.45, 2.75) is 0 Å². The second-order valence-corrected chi connectivity index (χ2v) is 15.3. The first kappa shape index (κ1) is 33.3. The van der Waals surface area contributed by atoms with E-state index in [0.29, 0.717) is 0 Å². The van der Waals surface area contributed by atoms with Crippen molar-refractivity contribution in [3.05, 3.63) is 212 Å². The van der Waals surface area contributed by atoms with Crippen molar-refractivity contribution in [3.63, 3.8) is 0 Å². The Morgan fingerprint density at radius 1 is 0.305 bits per heavy atom. The van der Waals surface area contributed by atoms with E-state index < -0.39 is 0 Å². The highest BCUT2D eigenvalue weighted by Crippen LogP contribution is 2.40. The molecule has 0 saturated heterocycles. The van der Waals surface area contributed by atoms with Crippen LogP contribution in [-0.2, 0) is 0 Å². The summed E-state index contributed by atoms with van der Waals surface area (Å²) < 4.78 is 2.39. The second kappa shape index (κ2) is 13.4. The predicted octanol–water partition coefficient (Wildman–Crippen LogP) is 14.9. The second-order valence-electron chi connectivity index (χ2n) is 15.3. The SMILES string of the molecule is c1ccc(-n2c3ccccc3c3ccc(-c4ccc(-c5ccc(-c6cccc(-c7cnc8c9ccccc9c9ccccc9c8n7)c6)cc5)c5ccccc45)cc32)cc1. The van der Waals surface area contributed by atoms with E-state index in [2.05, 4.69) is 211 Å². The number of rotatable bonds is 5. The van der Waals surface area contributed by atoms with Gasteiger partial charge in [-0.15, -0.1) is 0 Å². The van der Waals surface area contributed by atoms with Gasteiger partial charge in [-0.1, -0.05) is 176 Å². The zero-order chi connectivity index (χ0) is 38.9. The van der Waals surface area contributed by atoms with Crippen LogP contribution in [0.3, 0.4) is 0 Å². The molecular weight excluding hydrogens is 715 g/mol. The van der Waals surface area contributed by atoms with Crippen LogP contribution >= 0.6 is 0 Å². The molecule has 274 valence electrons. The van der Waals surface area contributed by atoms with Gasteiger partial charge in [0.25, 0.3) is 0 Å². The summed E-state index contributed by atoms with van der Waals surface area (Å²) in [6.45, 7) is 0. The van der Waals surface area contributed by atoms with Crippen molar-refractivity contribution in [2.24, 2.45) is 0 Å². The first-order valence-corrected chi connectivity index (χ1v) is 20.2. The average Bonchev–Trinajstić information content (AvgIpc) is 3.65. The number of fused-ring (bicyclic) bond motifs is 10. The van der Waals surface area contributed by atoms with Gasteiger partial charge in [-0.2, -0.15) is 0 Å². The summed E-state index contributed by atoms with van der Waals surface area (Å²) in [6.07, 6.45) is 1.92. The normalized spacial score (nSPS) is 11.7. The lowest BCUT2D eigenvalue weighted by Crippen LogP contribution is -1.93. The smallest absolute Gasteiger partial charge is 0.0979 e. The minimum Gasteiger partial charge on any atom is -0.309 e. The van der Waals surface area contributed by atoms with E-state index in [0.717, 1.165) is 49.9 Å². The maximum Gasteiger partial charge on any atom is 0.0979 e. The number of para-hydroxylation sites is 2. The molecule has 0 atom stereocenters. The van der Waals surface area contributed by atoms with Crippen LogP contribution in [0, 0.1) is 0 Å². The highest BCUT2D eigenvalue weighted by molar-refractivity contribution is 6.23. The quantitative estimate of drug-likeness (QED) is 0.164. The van der Waals surface area contributed by atoms with Crippen LogP contribution < -0.4 is 0 Å². The molecule has 0 N–H and O–H groups in total. The monoisotopic (exact) mass is 749 g/mol. The fourth-order valence-electron chi connectivity index (χ4n) is 9.26. The summed E-state index contributed by atoms with van der Waals surface area (Å²) in [5, 5.41) is 9.64. The van der Waals surface area contributed by atoms with Crippen molar-refractivity contribution >= 4 is 65.2 Å². The van der Waals surface area contributed by atoms with Gasteiger partial charge in [0.05, 0.1) is 34.0 Å². The molecule has 10 aromatic carbocycles. The Bertz CT molecular complexity index is 3570. The lowest BCUT2D eigenvalue weighted by molar-refractivity contribution is 1.18. The summed E-state index contributed by atoms with van der Waals surface area (Å²) in [7, 11) is 0. The zero-order valence-corrected chi connectivity index (χ0v) is 32.0. The Morgan fingerprint density at radius 2 is 0.847 bits per heavy atom. The summed E-state index contributed by atoms with van der Waals surface area (Å²) >= 11 is 0. The van der Waals surface area contributed by atoms with Gasteiger partial charge in [-0.3, -0.25) is 4.98 Å². The topological polar surface area (TPSA) is 30.7 Å². The minimum atomic E-state index is 0.864. The van der Waals surface area contributed by atoms with Crippen molar-refractivity contribution < 1.29 is 0 Å². The Balaban J connectivity index is 0.907. The molecule has 0 aliphatic rings. The molecule has 2 heterocycles. The van der Waals surface area contributed by atoms with E-state index in [1.165, 1.54) is 65.6 Å². The number of hydrogen-bond acceptors (Lipinski definition) is 2. The number of aromatic nitrogens is 3. The van der Waals surface area contributed by atoms with E-state index >= 15 is 0 Å². The maximum absolute atomic E-state index is 5.25. The standard InChI is InChI=1S/C56H35N3/c1-2-15-41(16-3-1)59-53-24-11-10-21-48(53)49-30-29-39(34-54(49)59)43-32-31-42(44-17-4-5-18-45(43)44)37-27-25-36(26-28-37)38-13-12-14-40(33-38)52-35-57-55-50-22-8-6-19-46(50)47-20-7-9-23-51(47)56(55)58-52/h1-35H. The van der Waals surface area contributed by atoms with Crippen LogP contribution in [0.25, 0.3) is 115 Å². The zero-order valence-electron chi connectivity index (χ0n) is 32.0. The molecule has 0 aliphatic carbocycles. The predicted molar refractivity (Wildman–Crippen MR) is 248 cm³/mol. The fraction of sp³-hybridized carbons (Fsp3) is 0. The molecule has 59 heavy (non-hydrogen) atoms. The molecule has 12 aromatic rings. The Morgan fingerprint density at radius 3 is 1.58 bits per heavy atom. The van der Waals surface area contributed by atoms with Crippen LogP contribution in [0.1, 0.15) is 0 Å². The molecule has 0 spiro atoms. The highest BCUT2D eigenvalue weighted by Gasteiger charge is 2.16. The summed E-state index contributed by atoms with van der Waals surface area (Å²) in [5.41, 5.74) is 14.5. The number of benzene rings is 10. The van der Waals surface area contributed by atoms with Crippen molar-refractivity contribution in [2.75, 3.05) is 0 Å². The first-order valence-electron chi connectivity index (χ1n) is 20.2. The Hall–Kier alpha value is -7.88. The van der Waals surface area contributed by atoms with Gasteiger partial charge in [0.1, 0.15) is 0 Å². The molecule has 0 fully saturated rings. The third-order valence-corrected chi connectivity index (χ3v) is 12.0. The average molecular weight is 750 g/mol. The minimum absolute atomic E-state index is 0.864. The van der Waals surface area contributed by atoms with Gasteiger partial charge in [0.15, 0.2) is 0 Å². The highest BCUT2D eigenvalue weighted by atomic mass is 15.0. The lowest BCUT2D eigenvalue weighted by Gasteiger charge is -2.14. The molecule has 0 amide bonds. The summed E-state index contributed by atoms with van der Waals surface area (Å²) in [5.74, 6) is 0. The molecule has 0 unspecified atom stereocenters. The van der Waals surface area contributed by atoms with Crippen LogP contribution in [0.15, 0.2) is 212 Å². The molecule has 3 nitrogen and oxygen atoms in total. The molecule has 0 bridgehead atoms. The Kier molecular flexibility index (Phi) is 7.54. The fourth-order valence-corrected chi connectivity index (χ4v) is 9.26. The van der Waals surface area contributed by atoms with Gasteiger partial charge in [0.2, 0.25) is 0 Å². The first-order chi connectivity index (χ1) is 29.3. The van der Waals surface area contributed by atoms with Gasteiger partial charge in [-0.25, -0.2) is 4.98 Å². The maximum atomic E-state index is 5.25. The van der Waals surface area contributed by atoms with Gasteiger partial charge in [-0.05, 0) is 85.3 Å². The van der Waals surface area contributed by atoms with Gasteiger partial charge in [0, 0.05) is 32.8 Å². The van der Waals surface area contributed by atoms with E-state index in [1.54, 1.807) is 0 Å². The molecule has 2 aromatic heterocycles. The van der Waals surface area contributed by atoms with E-state index in [4.69, 9.17) is 9.97 Å². The molecule has 3 heteroatoms. The molecule has 0 radical (unpaired) electrons. The van der Waals surface area contributed by atoms with E-state index in [1.807, 2.05) is 6.20 Å². The summed E-state index contributed by atoms with van der Waals surface area (Å²) in [4.78, 5) is 10.3.